The van der Waals surface area contributed by atoms with Crippen molar-refractivity contribution in [1.29, 1.82) is 0 Å². The van der Waals surface area contributed by atoms with Gasteiger partial charge in [0.15, 0.2) is 5.82 Å². The zero-order chi connectivity index (χ0) is 19.6. The van der Waals surface area contributed by atoms with Crippen LogP contribution in [0.15, 0.2) is 65.5 Å². The molecule has 4 heterocycles. The van der Waals surface area contributed by atoms with Crippen LogP contribution in [0, 0.1) is 0 Å². The zero-order valence-corrected chi connectivity index (χ0v) is 16.9. The molecule has 0 spiro atoms. The number of rotatable bonds is 4. The summed E-state index contributed by atoms with van der Waals surface area (Å²) in [4.78, 5) is 24.1. The van der Waals surface area contributed by atoms with Gasteiger partial charge in [0.2, 0.25) is 5.91 Å². The Balaban J connectivity index is 1.40. The Hall–Kier alpha value is -2.99. The summed E-state index contributed by atoms with van der Waals surface area (Å²) in [5.74, 6) is 1.14. The van der Waals surface area contributed by atoms with E-state index in [-0.39, 0.29) is 5.91 Å². The molecule has 5 nitrogen and oxygen atoms in total. The van der Waals surface area contributed by atoms with Gasteiger partial charge < -0.3 is 9.47 Å². The normalized spacial score (nSPS) is 15.1. The van der Waals surface area contributed by atoms with Gasteiger partial charge in [0.05, 0.1) is 17.5 Å². The highest BCUT2D eigenvalue weighted by atomic mass is 32.1. The summed E-state index contributed by atoms with van der Waals surface area (Å²) in [7, 11) is 0. The third-order valence-corrected chi connectivity index (χ3v) is 6.34. The lowest BCUT2D eigenvalue weighted by molar-refractivity contribution is -0.131. The molecule has 0 aliphatic carbocycles. The highest BCUT2D eigenvalue weighted by molar-refractivity contribution is 7.08. The van der Waals surface area contributed by atoms with Crippen LogP contribution in [0.3, 0.4) is 0 Å². The molecule has 0 N–H and O–H groups in total. The van der Waals surface area contributed by atoms with E-state index in [1.807, 2.05) is 46.8 Å². The standard InChI is InChI=1S/C23H22N4OS/c28-22(15-17-10-14-29-16-17)26-12-8-18(9-13-26)27-21-7-2-1-5-19(21)25-23(27)20-6-3-4-11-24-20/h1-7,10-11,14,16,18H,8-9,12-13,15H2. The number of imidazole rings is 1. The van der Waals surface area contributed by atoms with Crippen molar-refractivity contribution in [3.05, 3.63) is 71.1 Å². The van der Waals surface area contributed by atoms with Crippen molar-refractivity contribution in [1.82, 2.24) is 19.4 Å². The fourth-order valence-electron chi connectivity index (χ4n) is 4.14. The van der Waals surface area contributed by atoms with Gasteiger partial charge in [-0.3, -0.25) is 9.78 Å². The van der Waals surface area contributed by atoms with E-state index in [1.54, 1.807) is 11.3 Å². The number of para-hydroxylation sites is 2. The second kappa shape index (κ2) is 7.79. The van der Waals surface area contributed by atoms with Gasteiger partial charge in [0.25, 0.3) is 0 Å². The molecule has 1 aromatic carbocycles. The molecule has 0 atom stereocenters. The lowest BCUT2D eigenvalue weighted by atomic mass is 10.0. The van der Waals surface area contributed by atoms with Gasteiger partial charge in [-0.15, -0.1) is 0 Å². The smallest absolute Gasteiger partial charge is 0.227 e. The SMILES string of the molecule is O=C(Cc1ccsc1)N1CCC(n2c(-c3ccccn3)nc3ccccc32)CC1. The molecule has 0 bridgehead atoms. The lowest BCUT2D eigenvalue weighted by Gasteiger charge is -2.33. The van der Waals surface area contributed by atoms with E-state index < -0.39 is 0 Å². The molecule has 4 aromatic rings. The van der Waals surface area contributed by atoms with Crippen LogP contribution >= 0.6 is 11.3 Å². The van der Waals surface area contributed by atoms with Gasteiger partial charge in [-0.05, 0) is 59.5 Å². The third-order valence-electron chi connectivity index (χ3n) is 5.61. The van der Waals surface area contributed by atoms with E-state index >= 15 is 0 Å². The van der Waals surface area contributed by atoms with Crippen molar-refractivity contribution in [2.75, 3.05) is 13.1 Å². The number of thiophene rings is 1. The van der Waals surface area contributed by atoms with Crippen LogP contribution in [0.25, 0.3) is 22.6 Å². The predicted octanol–water partition coefficient (Wildman–Crippen LogP) is 4.57. The number of piperidine rings is 1. The fraction of sp³-hybridized carbons (Fsp3) is 0.261. The Bertz CT molecular complexity index is 1110. The van der Waals surface area contributed by atoms with E-state index in [1.165, 1.54) is 0 Å². The Morgan fingerprint density at radius 3 is 2.66 bits per heavy atom. The molecule has 1 aliphatic rings. The number of pyridine rings is 1. The largest absolute Gasteiger partial charge is 0.342 e. The summed E-state index contributed by atoms with van der Waals surface area (Å²) >= 11 is 1.64. The summed E-state index contributed by atoms with van der Waals surface area (Å²) in [6.07, 6.45) is 4.16. The number of hydrogen-bond donors (Lipinski definition) is 0. The van der Waals surface area contributed by atoms with Gasteiger partial charge in [-0.1, -0.05) is 18.2 Å². The van der Waals surface area contributed by atoms with Gasteiger partial charge in [-0.25, -0.2) is 4.98 Å². The Kier molecular flexibility index (Phi) is 4.86. The second-order valence-corrected chi connectivity index (χ2v) is 8.21. The molecule has 0 unspecified atom stereocenters. The number of fused-ring (bicyclic) bond motifs is 1. The average Bonchev–Trinajstić information content (AvgIpc) is 3.42. The summed E-state index contributed by atoms with van der Waals surface area (Å²) in [5.41, 5.74) is 4.13. The summed E-state index contributed by atoms with van der Waals surface area (Å²) in [5, 5.41) is 4.08. The fourth-order valence-corrected chi connectivity index (χ4v) is 4.81. The minimum Gasteiger partial charge on any atom is -0.342 e. The van der Waals surface area contributed by atoms with Crippen LogP contribution in [0.4, 0.5) is 0 Å². The van der Waals surface area contributed by atoms with E-state index in [9.17, 15) is 4.79 Å². The van der Waals surface area contributed by atoms with Gasteiger partial charge in [-0.2, -0.15) is 11.3 Å². The van der Waals surface area contributed by atoms with Gasteiger partial charge in [0.1, 0.15) is 5.69 Å². The number of carbonyl (C=O) groups excluding carboxylic acids is 1. The molecule has 5 rings (SSSR count). The monoisotopic (exact) mass is 402 g/mol. The number of carbonyl (C=O) groups is 1. The molecule has 1 aliphatic heterocycles. The molecule has 0 radical (unpaired) electrons. The minimum atomic E-state index is 0.224. The van der Waals surface area contributed by atoms with Crippen LogP contribution in [-0.4, -0.2) is 38.4 Å². The zero-order valence-electron chi connectivity index (χ0n) is 16.1. The maximum absolute atomic E-state index is 12.7. The summed E-state index contributed by atoms with van der Waals surface area (Å²) in [6, 6.07) is 16.5. The number of nitrogens with zero attached hydrogens (tertiary/aromatic N) is 4. The topological polar surface area (TPSA) is 51.0 Å². The van der Waals surface area contributed by atoms with Crippen molar-refractivity contribution >= 4 is 28.3 Å². The molecule has 1 fully saturated rings. The Morgan fingerprint density at radius 1 is 1.07 bits per heavy atom. The number of likely N-dealkylation sites (tertiary alicyclic amines) is 1. The van der Waals surface area contributed by atoms with Crippen LogP contribution in [0.2, 0.25) is 0 Å². The summed E-state index contributed by atoms with van der Waals surface area (Å²) in [6.45, 7) is 1.56. The van der Waals surface area contributed by atoms with Crippen molar-refractivity contribution in [3.63, 3.8) is 0 Å². The number of hydrogen-bond acceptors (Lipinski definition) is 4. The van der Waals surface area contributed by atoms with E-state index in [4.69, 9.17) is 4.98 Å². The molecule has 1 amide bonds. The van der Waals surface area contributed by atoms with E-state index in [2.05, 4.69) is 33.1 Å². The Labute approximate surface area is 173 Å². The van der Waals surface area contributed by atoms with Crippen LogP contribution in [-0.2, 0) is 11.2 Å². The Morgan fingerprint density at radius 2 is 1.90 bits per heavy atom. The number of benzene rings is 1. The highest BCUT2D eigenvalue weighted by Crippen LogP contribution is 2.32. The highest BCUT2D eigenvalue weighted by Gasteiger charge is 2.27. The van der Waals surface area contributed by atoms with Gasteiger partial charge in [0, 0.05) is 25.3 Å². The molecule has 29 heavy (non-hydrogen) atoms. The lowest BCUT2D eigenvalue weighted by Crippen LogP contribution is -2.39. The van der Waals surface area contributed by atoms with Crippen LogP contribution < -0.4 is 0 Å². The quantitative estimate of drug-likeness (QED) is 0.503. The van der Waals surface area contributed by atoms with E-state index in [0.29, 0.717) is 12.5 Å². The van der Waals surface area contributed by atoms with Crippen LogP contribution in [0.1, 0.15) is 24.4 Å². The van der Waals surface area contributed by atoms with Crippen molar-refractivity contribution in [2.45, 2.75) is 25.3 Å². The first kappa shape index (κ1) is 18.1. The minimum absolute atomic E-state index is 0.224. The maximum Gasteiger partial charge on any atom is 0.227 e. The first-order valence-corrected chi connectivity index (χ1v) is 10.9. The molecular weight excluding hydrogens is 380 g/mol. The van der Waals surface area contributed by atoms with Crippen molar-refractivity contribution < 1.29 is 4.79 Å². The summed E-state index contributed by atoms with van der Waals surface area (Å²) < 4.78 is 2.33. The number of aromatic nitrogens is 3. The van der Waals surface area contributed by atoms with E-state index in [0.717, 1.165) is 54.0 Å². The first-order chi connectivity index (χ1) is 14.3. The molecule has 6 heteroatoms. The second-order valence-electron chi connectivity index (χ2n) is 7.43. The molecular formula is C23H22N4OS. The average molecular weight is 403 g/mol. The molecule has 0 saturated carbocycles. The maximum atomic E-state index is 12.7. The molecule has 3 aromatic heterocycles. The van der Waals surface area contributed by atoms with Gasteiger partial charge >= 0.3 is 0 Å². The van der Waals surface area contributed by atoms with Crippen LogP contribution in [0.5, 0.6) is 0 Å². The third kappa shape index (κ3) is 3.56. The molecule has 146 valence electrons. The number of amides is 1. The predicted molar refractivity (Wildman–Crippen MR) is 116 cm³/mol. The van der Waals surface area contributed by atoms with Crippen molar-refractivity contribution in [2.24, 2.45) is 0 Å². The first-order valence-electron chi connectivity index (χ1n) is 9.97. The molecule has 1 saturated heterocycles. The van der Waals surface area contributed by atoms with Crippen molar-refractivity contribution in [3.8, 4) is 11.5 Å².